The first-order chi connectivity index (χ1) is 13.4. The first-order valence-electron chi connectivity index (χ1n) is 8.14. The van der Waals surface area contributed by atoms with Gasteiger partial charge < -0.3 is 4.42 Å². The zero-order valence-electron chi connectivity index (χ0n) is 14.1. The van der Waals surface area contributed by atoms with Crippen LogP contribution in [0.25, 0.3) is 17.0 Å². The molecule has 0 radical (unpaired) electrons. The Morgan fingerprint density at radius 1 is 0.964 bits per heavy atom. The Bertz CT molecular complexity index is 1190. The first-order valence-corrected chi connectivity index (χ1v) is 8.14. The maximum atomic E-state index is 13.5. The highest BCUT2D eigenvalue weighted by atomic mass is 19.4. The normalized spacial score (nSPS) is 16.1. The van der Waals surface area contributed by atoms with Crippen LogP contribution >= 0.6 is 0 Å². The maximum Gasteiger partial charge on any atom is 0.435 e. The van der Waals surface area contributed by atoms with Crippen molar-refractivity contribution in [3.8, 4) is 0 Å². The standard InChI is InChI=1S/C20H11F3N2O3/c21-20(22,23)18-15(19(27)25(24-18)13-6-2-1-3-7-13)10-12-11-28-16-9-5-4-8-14(16)17(12)26/h1-11H/b15-10-. The molecule has 0 spiro atoms. The second-order valence-electron chi connectivity index (χ2n) is 5.97. The maximum absolute atomic E-state index is 13.5. The fourth-order valence-electron chi connectivity index (χ4n) is 2.85. The number of hydrazone groups is 1. The lowest BCUT2D eigenvalue weighted by molar-refractivity contribution is -0.114. The summed E-state index contributed by atoms with van der Waals surface area (Å²) in [4.78, 5) is 25.2. The van der Waals surface area contributed by atoms with Gasteiger partial charge in [0.25, 0.3) is 5.91 Å². The molecule has 2 aromatic carbocycles. The van der Waals surface area contributed by atoms with Crippen LogP contribution in [-0.2, 0) is 4.79 Å². The van der Waals surface area contributed by atoms with Crippen molar-refractivity contribution in [1.82, 2.24) is 0 Å². The van der Waals surface area contributed by atoms with E-state index in [1.807, 2.05) is 0 Å². The second kappa shape index (κ2) is 6.49. The minimum Gasteiger partial charge on any atom is -0.463 e. The third-order valence-electron chi connectivity index (χ3n) is 4.15. The molecule has 1 aromatic heterocycles. The van der Waals surface area contributed by atoms with Crippen LogP contribution in [0.3, 0.4) is 0 Å². The minimum atomic E-state index is -4.87. The zero-order valence-corrected chi connectivity index (χ0v) is 14.1. The number of benzene rings is 2. The van der Waals surface area contributed by atoms with Gasteiger partial charge in [0.05, 0.1) is 22.2 Å². The number of anilines is 1. The van der Waals surface area contributed by atoms with E-state index in [9.17, 15) is 22.8 Å². The molecule has 0 saturated carbocycles. The van der Waals surface area contributed by atoms with Crippen molar-refractivity contribution in [2.24, 2.45) is 5.10 Å². The predicted octanol–water partition coefficient (Wildman–Crippen LogP) is 4.14. The molecule has 5 nitrogen and oxygen atoms in total. The van der Waals surface area contributed by atoms with E-state index in [0.717, 1.165) is 12.3 Å². The van der Waals surface area contributed by atoms with Gasteiger partial charge in [-0.15, -0.1) is 0 Å². The van der Waals surface area contributed by atoms with Crippen LogP contribution in [0.5, 0.6) is 0 Å². The van der Waals surface area contributed by atoms with Gasteiger partial charge in [-0.1, -0.05) is 30.3 Å². The highest BCUT2D eigenvalue weighted by Gasteiger charge is 2.46. The van der Waals surface area contributed by atoms with E-state index in [-0.39, 0.29) is 16.6 Å². The van der Waals surface area contributed by atoms with Gasteiger partial charge in [0.1, 0.15) is 11.8 Å². The number of nitrogens with zero attached hydrogens (tertiary/aromatic N) is 2. The summed E-state index contributed by atoms with van der Waals surface area (Å²) >= 11 is 0. The SMILES string of the molecule is O=C1/C(=C\c2coc3ccccc3c2=O)C(C(F)(F)F)=NN1c1ccccc1. The van der Waals surface area contributed by atoms with Gasteiger partial charge in [-0.25, -0.2) is 0 Å². The van der Waals surface area contributed by atoms with Crippen LogP contribution in [0.4, 0.5) is 18.9 Å². The lowest BCUT2D eigenvalue weighted by Gasteiger charge is -2.10. The van der Waals surface area contributed by atoms with Crippen LogP contribution in [-0.4, -0.2) is 17.8 Å². The van der Waals surface area contributed by atoms with Crippen molar-refractivity contribution in [2.75, 3.05) is 5.01 Å². The molecule has 2 heterocycles. The van der Waals surface area contributed by atoms with Crippen molar-refractivity contribution in [3.05, 3.63) is 82.2 Å². The van der Waals surface area contributed by atoms with E-state index in [1.165, 1.54) is 18.2 Å². The number of amides is 1. The summed E-state index contributed by atoms with van der Waals surface area (Å²) < 4.78 is 45.7. The lowest BCUT2D eigenvalue weighted by atomic mass is 10.1. The van der Waals surface area contributed by atoms with E-state index in [2.05, 4.69) is 5.10 Å². The van der Waals surface area contributed by atoms with E-state index in [4.69, 9.17) is 4.42 Å². The van der Waals surface area contributed by atoms with E-state index in [0.29, 0.717) is 10.6 Å². The molecule has 0 fully saturated rings. The van der Waals surface area contributed by atoms with E-state index in [1.54, 1.807) is 36.4 Å². The number of hydrogen-bond acceptors (Lipinski definition) is 4. The molecular weight excluding hydrogens is 373 g/mol. The van der Waals surface area contributed by atoms with Crippen LogP contribution in [0.2, 0.25) is 0 Å². The van der Waals surface area contributed by atoms with E-state index < -0.39 is 28.8 Å². The highest BCUT2D eigenvalue weighted by Crippen LogP contribution is 2.32. The van der Waals surface area contributed by atoms with E-state index >= 15 is 0 Å². The van der Waals surface area contributed by atoms with Gasteiger partial charge in [0.2, 0.25) is 0 Å². The van der Waals surface area contributed by atoms with Crippen LogP contribution in [0.15, 0.2) is 80.7 Å². The number of alkyl halides is 3. The Morgan fingerprint density at radius 3 is 2.36 bits per heavy atom. The fraction of sp³-hybridized carbons (Fsp3) is 0.0500. The molecule has 0 bridgehead atoms. The van der Waals surface area contributed by atoms with Crippen molar-refractivity contribution in [1.29, 1.82) is 0 Å². The summed E-state index contributed by atoms with van der Waals surface area (Å²) in [6.07, 6.45) is -2.97. The lowest BCUT2D eigenvalue weighted by Crippen LogP contribution is -2.25. The number of carbonyl (C=O) groups excluding carboxylic acids is 1. The van der Waals surface area contributed by atoms with Crippen LogP contribution in [0, 0.1) is 0 Å². The Kier molecular flexibility index (Phi) is 4.11. The topological polar surface area (TPSA) is 62.9 Å². The number of para-hydroxylation sites is 2. The Morgan fingerprint density at radius 2 is 1.64 bits per heavy atom. The summed E-state index contributed by atoms with van der Waals surface area (Å²) in [5.74, 6) is -0.980. The molecule has 140 valence electrons. The summed E-state index contributed by atoms with van der Waals surface area (Å²) in [5.41, 5.74) is -2.32. The molecule has 1 aliphatic rings. The molecular formula is C20H11F3N2O3. The fourth-order valence-corrected chi connectivity index (χ4v) is 2.85. The third-order valence-corrected chi connectivity index (χ3v) is 4.15. The van der Waals surface area contributed by atoms with Gasteiger partial charge in [-0.05, 0) is 30.3 Å². The number of fused-ring (bicyclic) bond motifs is 1. The molecule has 3 aromatic rings. The summed E-state index contributed by atoms with van der Waals surface area (Å²) in [6.45, 7) is 0. The van der Waals surface area contributed by atoms with Crippen molar-refractivity contribution in [2.45, 2.75) is 6.18 Å². The van der Waals surface area contributed by atoms with Gasteiger partial charge in [0, 0.05) is 0 Å². The number of hydrogen-bond donors (Lipinski definition) is 0. The van der Waals surface area contributed by atoms with Crippen molar-refractivity contribution in [3.63, 3.8) is 0 Å². The highest BCUT2D eigenvalue weighted by molar-refractivity contribution is 6.34. The Balaban J connectivity index is 1.86. The smallest absolute Gasteiger partial charge is 0.435 e. The van der Waals surface area contributed by atoms with Crippen LogP contribution in [0.1, 0.15) is 5.56 Å². The van der Waals surface area contributed by atoms with Gasteiger partial charge in [-0.2, -0.15) is 23.3 Å². The number of halogens is 3. The molecule has 1 aliphatic heterocycles. The van der Waals surface area contributed by atoms with Gasteiger partial charge >= 0.3 is 6.18 Å². The number of carbonyl (C=O) groups is 1. The monoisotopic (exact) mass is 384 g/mol. The quantitative estimate of drug-likeness (QED) is 0.624. The average molecular weight is 384 g/mol. The molecule has 28 heavy (non-hydrogen) atoms. The third kappa shape index (κ3) is 2.98. The Labute approximate surface area is 156 Å². The van der Waals surface area contributed by atoms with Gasteiger partial charge in [-0.3, -0.25) is 9.59 Å². The predicted molar refractivity (Wildman–Crippen MR) is 97.9 cm³/mol. The molecule has 0 saturated heterocycles. The Hall–Kier alpha value is -3.68. The van der Waals surface area contributed by atoms with Crippen molar-refractivity contribution < 1.29 is 22.4 Å². The summed E-state index contributed by atoms with van der Waals surface area (Å²) in [6, 6.07) is 14.1. The average Bonchev–Trinajstić information content (AvgIpc) is 3.02. The van der Waals surface area contributed by atoms with Crippen LogP contribution < -0.4 is 10.4 Å². The largest absolute Gasteiger partial charge is 0.463 e. The molecule has 0 unspecified atom stereocenters. The second-order valence-corrected chi connectivity index (χ2v) is 5.97. The summed E-state index contributed by atoms with van der Waals surface area (Å²) in [5, 5.41) is 4.32. The summed E-state index contributed by atoms with van der Waals surface area (Å²) in [7, 11) is 0. The molecule has 4 rings (SSSR count). The van der Waals surface area contributed by atoms with Gasteiger partial charge in [0.15, 0.2) is 11.1 Å². The first kappa shape index (κ1) is 17.7. The van der Waals surface area contributed by atoms with Crippen molar-refractivity contribution >= 4 is 34.4 Å². The number of rotatable bonds is 2. The minimum absolute atomic E-state index is 0.172. The molecule has 0 aliphatic carbocycles. The molecule has 0 atom stereocenters. The molecule has 1 amide bonds. The molecule has 0 N–H and O–H groups in total. The molecule has 8 heteroatoms. The zero-order chi connectivity index (χ0) is 19.9.